The number of hydrogen-bond donors (Lipinski definition) is 1. The number of aromatic amines is 1. The Kier molecular flexibility index (Phi) is 4.21. The Labute approximate surface area is 159 Å². The van der Waals surface area contributed by atoms with Gasteiger partial charge in [0, 0.05) is 59.2 Å². The van der Waals surface area contributed by atoms with Crippen LogP contribution < -0.4 is 0 Å². The maximum absolute atomic E-state index is 4.13. The highest BCUT2D eigenvalue weighted by Crippen LogP contribution is 2.31. The Morgan fingerprint density at radius 1 is 1.07 bits per heavy atom. The molecule has 0 amide bonds. The van der Waals surface area contributed by atoms with Crippen molar-refractivity contribution < 1.29 is 0 Å². The number of fused-ring (bicyclic) bond motifs is 3. The lowest BCUT2D eigenvalue weighted by Crippen LogP contribution is -2.34. The average Bonchev–Trinajstić information content (AvgIpc) is 3.34. The van der Waals surface area contributed by atoms with Gasteiger partial charge in [-0.3, -0.25) is 10.00 Å². The zero-order valence-corrected chi connectivity index (χ0v) is 15.9. The highest BCUT2D eigenvalue weighted by Gasteiger charge is 2.22. The molecular weight excluding hydrogens is 332 g/mol. The number of benzene rings is 2. The fourth-order valence-corrected chi connectivity index (χ4v) is 4.74. The average molecular weight is 358 g/mol. The maximum atomic E-state index is 4.13. The van der Waals surface area contributed by atoms with Gasteiger partial charge in [-0.05, 0) is 50.1 Å². The second kappa shape index (κ2) is 6.86. The van der Waals surface area contributed by atoms with E-state index in [1.807, 2.05) is 6.20 Å². The molecular formula is C23H26N4. The number of rotatable bonds is 4. The number of nitrogens with one attached hydrogen (secondary N) is 1. The van der Waals surface area contributed by atoms with E-state index in [1.165, 1.54) is 52.4 Å². The fourth-order valence-electron chi connectivity index (χ4n) is 4.74. The Morgan fingerprint density at radius 2 is 1.96 bits per heavy atom. The van der Waals surface area contributed by atoms with E-state index in [4.69, 9.17) is 0 Å². The molecule has 4 aromatic rings. The van der Waals surface area contributed by atoms with Crippen molar-refractivity contribution in [1.82, 2.24) is 19.7 Å². The molecule has 3 heterocycles. The van der Waals surface area contributed by atoms with Gasteiger partial charge >= 0.3 is 0 Å². The van der Waals surface area contributed by atoms with Crippen LogP contribution in [0.3, 0.4) is 0 Å². The minimum atomic E-state index is 0.576. The SMILES string of the molecule is CCn1c2ccccc2c2ccc(CN3CCCC(c4ccn[nH]4)C3)cc21. The summed E-state index contributed by atoms with van der Waals surface area (Å²) in [7, 11) is 0. The predicted molar refractivity (Wildman–Crippen MR) is 111 cm³/mol. The van der Waals surface area contributed by atoms with E-state index in [2.05, 4.69) is 75.1 Å². The van der Waals surface area contributed by atoms with E-state index < -0.39 is 0 Å². The summed E-state index contributed by atoms with van der Waals surface area (Å²) in [6.07, 6.45) is 4.37. The zero-order chi connectivity index (χ0) is 18.2. The fraction of sp³-hybridized carbons (Fsp3) is 0.348. The monoisotopic (exact) mass is 358 g/mol. The van der Waals surface area contributed by atoms with Crippen LogP contribution in [0.2, 0.25) is 0 Å². The van der Waals surface area contributed by atoms with Gasteiger partial charge in [-0.15, -0.1) is 0 Å². The molecule has 1 saturated heterocycles. The van der Waals surface area contributed by atoms with E-state index in [9.17, 15) is 0 Å². The van der Waals surface area contributed by atoms with Gasteiger partial charge in [-0.25, -0.2) is 0 Å². The molecule has 0 bridgehead atoms. The van der Waals surface area contributed by atoms with Gasteiger partial charge in [-0.1, -0.05) is 30.3 Å². The van der Waals surface area contributed by atoms with E-state index in [-0.39, 0.29) is 0 Å². The Bertz CT molecular complexity index is 1060. The Hall–Kier alpha value is -2.59. The van der Waals surface area contributed by atoms with Gasteiger partial charge in [0.2, 0.25) is 0 Å². The van der Waals surface area contributed by atoms with Crippen molar-refractivity contribution >= 4 is 21.8 Å². The molecule has 27 heavy (non-hydrogen) atoms. The van der Waals surface area contributed by atoms with Gasteiger partial charge in [-0.2, -0.15) is 5.10 Å². The molecule has 0 radical (unpaired) electrons. The molecule has 138 valence electrons. The molecule has 1 unspecified atom stereocenters. The number of H-pyrrole nitrogens is 1. The van der Waals surface area contributed by atoms with E-state index in [0.717, 1.165) is 19.6 Å². The summed E-state index contributed by atoms with van der Waals surface area (Å²) in [5.41, 5.74) is 5.38. The quantitative estimate of drug-likeness (QED) is 0.562. The maximum Gasteiger partial charge on any atom is 0.0494 e. The standard InChI is InChI=1S/C23H26N4/c1-2-27-22-8-4-3-7-19(22)20-10-9-17(14-23(20)27)15-26-13-5-6-18(16-26)21-11-12-24-25-21/h3-4,7-12,14,18H,2,5-6,13,15-16H2,1H3,(H,24,25). The van der Waals surface area contributed by atoms with Crippen LogP contribution in [0.15, 0.2) is 54.7 Å². The van der Waals surface area contributed by atoms with Crippen LogP contribution in [0.5, 0.6) is 0 Å². The second-order valence-electron chi connectivity index (χ2n) is 7.70. The number of piperidine rings is 1. The second-order valence-corrected chi connectivity index (χ2v) is 7.70. The van der Waals surface area contributed by atoms with Crippen molar-refractivity contribution in [3.63, 3.8) is 0 Å². The summed E-state index contributed by atoms with van der Waals surface area (Å²) in [4.78, 5) is 2.59. The van der Waals surface area contributed by atoms with Crippen LogP contribution in [0.25, 0.3) is 21.8 Å². The van der Waals surface area contributed by atoms with Gasteiger partial charge < -0.3 is 4.57 Å². The zero-order valence-electron chi connectivity index (χ0n) is 15.9. The highest BCUT2D eigenvalue weighted by molar-refractivity contribution is 6.08. The number of hydrogen-bond acceptors (Lipinski definition) is 2. The lowest BCUT2D eigenvalue weighted by Gasteiger charge is -2.32. The van der Waals surface area contributed by atoms with Crippen molar-refractivity contribution in [1.29, 1.82) is 0 Å². The minimum absolute atomic E-state index is 0.576. The molecule has 2 aromatic heterocycles. The summed E-state index contributed by atoms with van der Waals surface area (Å²) in [6.45, 7) is 6.54. The van der Waals surface area contributed by atoms with Crippen molar-refractivity contribution in [2.45, 2.75) is 38.8 Å². The van der Waals surface area contributed by atoms with Crippen molar-refractivity contribution in [3.8, 4) is 0 Å². The number of para-hydroxylation sites is 1. The molecule has 0 saturated carbocycles. The van der Waals surface area contributed by atoms with E-state index in [1.54, 1.807) is 0 Å². The summed E-state index contributed by atoms with van der Waals surface area (Å²) in [5.74, 6) is 0.576. The molecule has 2 aromatic carbocycles. The van der Waals surface area contributed by atoms with E-state index in [0.29, 0.717) is 5.92 Å². The molecule has 0 spiro atoms. The van der Waals surface area contributed by atoms with Crippen molar-refractivity contribution in [2.24, 2.45) is 0 Å². The van der Waals surface area contributed by atoms with Crippen molar-refractivity contribution in [3.05, 3.63) is 66.0 Å². The molecule has 1 N–H and O–H groups in total. The first-order chi connectivity index (χ1) is 13.3. The highest BCUT2D eigenvalue weighted by atomic mass is 15.1. The normalized spacial score (nSPS) is 18.5. The molecule has 4 heteroatoms. The third-order valence-electron chi connectivity index (χ3n) is 6.03. The Balaban J connectivity index is 1.44. The third-order valence-corrected chi connectivity index (χ3v) is 6.03. The topological polar surface area (TPSA) is 36.9 Å². The predicted octanol–water partition coefficient (Wildman–Crippen LogP) is 4.92. The van der Waals surface area contributed by atoms with Crippen LogP contribution >= 0.6 is 0 Å². The minimum Gasteiger partial charge on any atom is -0.341 e. The molecule has 1 aliphatic heterocycles. The molecule has 4 nitrogen and oxygen atoms in total. The van der Waals surface area contributed by atoms with Crippen LogP contribution in [-0.2, 0) is 13.1 Å². The third kappa shape index (κ3) is 2.94. The molecule has 1 fully saturated rings. The van der Waals surface area contributed by atoms with Gasteiger partial charge in [0.25, 0.3) is 0 Å². The first-order valence-electron chi connectivity index (χ1n) is 10.0. The molecule has 1 aliphatic rings. The van der Waals surface area contributed by atoms with Gasteiger partial charge in [0.15, 0.2) is 0 Å². The summed E-state index contributed by atoms with van der Waals surface area (Å²) in [5, 5.41) is 10.0. The molecule has 0 aliphatic carbocycles. The number of aromatic nitrogens is 3. The van der Waals surface area contributed by atoms with E-state index >= 15 is 0 Å². The van der Waals surface area contributed by atoms with Gasteiger partial charge in [0.05, 0.1) is 0 Å². The van der Waals surface area contributed by atoms with Gasteiger partial charge in [0.1, 0.15) is 0 Å². The largest absolute Gasteiger partial charge is 0.341 e. The Morgan fingerprint density at radius 3 is 2.81 bits per heavy atom. The number of aryl methyl sites for hydroxylation is 1. The van der Waals surface area contributed by atoms with Crippen LogP contribution in [-0.4, -0.2) is 32.8 Å². The van der Waals surface area contributed by atoms with Crippen LogP contribution in [0.1, 0.15) is 36.9 Å². The summed E-state index contributed by atoms with van der Waals surface area (Å²) in [6, 6.07) is 17.9. The lowest BCUT2D eigenvalue weighted by atomic mass is 9.94. The summed E-state index contributed by atoms with van der Waals surface area (Å²) < 4.78 is 2.44. The smallest absolute Gasteiger partial charge is 0.0494 e. The van der Waals surface area contributed by atoms with Crippen molar-refractivity contribution in [2.75, 3.05) is 13.1 Å². The number of nitrogens with zero attached hydrogens (tertiary/aromatic N) is 3. The molecule has 5 rings (SSSR count). The van der Waals surface area contributed by atoms with Crippen LogP contribution in [0.4, 0.5) is 0 Å². The van der Waals surface area contributed by atoms with Crippen LogP contribution in [0, 0.1) is 0 Å². The molecule has 1 atom stereocenters. The number of likely N-dealkylation sites (tertiary alicyclic amines) is 1. The summed E-state index contributed by atoms with van der Waals surface area (Å²) >= 11 is 0. The first-order valence-corrected chi connectivity index (χ1v) is 10.0. The lowest BCUT2D eigenvalue weighted by molar-refractivity contribution is 0.198. The first kappa shape index (κ1) is 16.6.